The topological polar surface area (TPSA) is 99.8 Å². The molecule has 100 valence electrons. The number of hydrogen-bond donors (Lipinski definition) is 2. The van der Waals surface area contributed by atoms with Crippen molar-refractivity contribution < 1.29 is 24.5 Å². The van der Waals surface area contributed by atoms with Gasteiger partial charge >= 0.3 is 5.97 Å². The van der Waals surface area contributed by atoms with Crippen molar-refractivity contribution >= 4 is 5.97 Å². The van der Waals surface area contributed by atoms with Crippen molar-refractivity contribution in [1.82, 2.24) is 0 Å². The van der Waals surface area contributed by atoms with Gasteiger partial charge in [0.05, 0.1) is 11.6 Å². The minimum atomic E-state index is -1.29. The van der Waals surface area contributed by atoms with Crippen LogP contribution < -0.4 is 0 Å². The molecule has 6 nitrogen and oxygen atoms in total. The number of hydrogen-bond acceptors (Lipinski definition) is 6. The molecule has 19 heavy (non-hydrogen) atoms. The van der Waals surface area contributed by atoms with Crippen molar-refractivity contribution in [2.24, 2.45) is 0 Å². The maximum Gasteiger partial charge on any atom is 0.338 e. The van der Waals surface area contributed by atoms with Gasteiger partial charge in [0.15, 0.2) is 6.10 Å². The molecule has 2 rings (SSSR count). The number of aliphatic hydroxyl groups is 2. The summed E-state index contributed by atoms with van der Waals surface area (Å²) in [6.45, 7) is -0.218. The molecule has 1 heterocycles. The van der Waals surface area contributed by atoms with Crippen molar-refractivity contribution in [1.29, 1.82) is 5.26 Å². The lowest BCUT2D eigenvalue weighted by Gasteiger charge is -2.14. The van der Waals surface area contributed by atoms with Gasteiger partial charge in [-0.3, -0.25) is 0 Å². The molecule has 0 saturated carbocycles. The van der Waals surface area contributed by atoms with E-state index in [0.29, 0.717) is 5.56 Å². The highest BCUT2D eigenvalue weighted by molar-refractivity contribution is 5.89. The van der Waals surface area contributed by atoms with E-state index in [9.17, 15) is 15.0 Å². The quantitative estimate of drug-likeness (QED) is 0.736. The molecular formula is C13H13NO5. The molecule has 1 aromatic carbocycles. The van der Waals surface area contributed by atoms with Gasteiger partial charge < -0.3 is 19.7 Å². The molecular weight excluding hydrogens is 250 g/mol. The standard InChI is InChI=1S/C13H13NO5/c14-6-9-11(15)12(16)10(19-9)7-18-13(17)8-4-2-1-3-5-8/h1-5,9-12,15-16H,7H2/t9-,10-,11+,12-/m0/s1. The Morgan fingerprint density at radius 3 is 2.58 bits per heavy atom. The second kappa shape index (κ2) is 5.80. The lowest BCUT2D eigenvalue weighted by Crippen LogP contribution is -2.34. The first-order chi connectivity index (χ1) is 9.13. The molecule has 0 aliphatic carbocycles. The number of ether oxygens (including phenoxy) is 2. The Morgan fingerprint density at radius 2 is 2.00 bits per heavy atom. The zero-order valence-electron chi connectivity index (χ0n) is 9.97. The summed E-state index contributed by atoms with van der Waals surface area (Å²) in [7, 11) is 0. The Balaban J connectivity index is 1.90. The van der Waals surface area contributed by atoms with Gasteiger partial charge in [-0.25, -0.2) is 4.79 Å². The first-order valence-electron chi connectivity index (χ1n) is 5.77. The molecule has 1 aromatic rings. The molecule has 0 spiro atoms. The van der Waals surface area contributed by atoms with Gasteiger partial charge in [0, 0.05) is 0 Å². The Bertz CT molecular complexity index is 484. The van der Waals surface area contributed by atoms with Gasteiger partial charge in [0.2, 0.25) is 0 Å². The van der Waals surface area contributed by atoms with E-state index in [2.05, 4.69) is 0 Å². The van der Waals surface area contributed by atoms with E-state index in [-0.39, 0.29) is 6.61 Å². The van der Waals surface area contributed by atoms with Crippen LogP contribution in [0.25, 0.3) is 0 Å². The van der Waals surface area contributed by atoms with Crippen molar-refractivity contribution in [3.63, 3.8) is 0 Å². The average molecular weight is 263 g/mol. The summed E-state index contributed by atoms with van der Waals surface area (Å²) in [5.74, 6) is -0.550. The molecule has 0 amide bonds. The molecule has 0 unspecified atom stereocenters. The van der Waals surface area contributed by atoms with Crippen LogP contribution in [0.15, 0.2) is 30.3 Å². The minimum absolute atomic E-state index is 0.218. The van der Waals surface area contributed by atoms with Gasteiger partial charge in [0.25, 0.3) is 0 Å². The zero-order chi connectivity index (χ0) is 13.8. The Hall–Kier alpha value is -1.94. The summed E-state index contributed by atoms with van der Waals surface area (Å²) in [5.41, 5.74) is 0.382. The first kappa shape index (κ1) is 13.5. The van der Waals surface area contributed by atoms with Gasteiger partial charge in [-0.15, -0.1) is 0 Å². The largest absolute Gasteiger partial charge is 0.459 e. The summed E-state index contributed by atoms with van der Waals surface area (Å²) in [6, 6.07) is 10.1. The summed E-state index contributed by atoms with van der Waals surface area (Å²) in [4.78, 5) is 11.7. The highest BCUT2D eigenvalue weighted by atomic mass is 16.6. The number of esters is 1. The lowest BCUT2D eigenvalue weighted by molar-refractivity contribution is -0.0253. The fourth-order valence-corrected chi connectivity index (χ4v) is 1.81. The second-order valence-corrected chi connectivity index (χ2v) is 4.17. The third kappa shape index (κ3) is 2.90. The Morgan fingerprint density at radius 1 is 1.32 bits per heavy atom. The van der Waals surface area contributed by atoms with Crippen LogP contribution in [0, 0.1) is 11.3 Å². The van der Waals surface area contributed by atoms with Crippen molar-refractivity contribution in [2.75, 3.05) is 6.61 Å². The van der Waals surface area contributed by atoms with Crippen LogP contribution in [0.5, 0.6) is 0 Å². The fourth-order valence-electron chi connectivity index (χ4n) is 1.81. The molecule has 1 saturated heterocycles. The van der Waals surface area contributed by atoms with Gasteiger partial charge in [-0.05, 0) is 12.1 Å². The lowest BCUT2D eigenvalue weighted by atomic mass is 10.1. The molecule has 4 atom stereocenters. The summed E-state index contributed by atoms with van der Waals surface area (Å²) >= 11 is 0. The zero-order valence-corrected chi connectivity index (χ0v) is 9.97. The highest BCUT2D eigenvalue weighted by Crippen LogP contribution is 2.21. The normalized spacial score (nSPS) is 29.7. The van der Waals surface area contributed by atoms with E-state index >= 15 is 0 Å². The van der Waals surface area contributed by atoms with E-state index in [1.807, 2.05) is 0 Å². The highest BCUT2D eigenvalue weighted by Gasteiger charge is 2.43. The van der Waals surface area contributed by atoms with E-state index in [1.165, 1.54) is 0 Å². The van der Waals surface area contributed by atoms with Crippen molar-refractivity contribution in [3.05, 3.63) is 35.9 Å². The van der Waals surface area contributed by atoms with Crippen LogP contribution in [0.2, 0.25) is 0 Å². The number of rotatable bonds is 3. The number of benzene rings is 1. The molecule has 1 fully saturated rings. The third-order valence-corrected chi connectivity index (χ3v) is 2.88. The molecule has 1 aliphatic heterocycles. The van der Waals surface area contributed by atoms with Crippen LogP contribution in [-0.2, 0) is 9.47 Å². The van der Waals surface area contributed by atoms with Crippen LogP contribution in [0.4, 0.5) is 0 Å². The smallest absolute Gasteiger partial charge is 0.338 e. The molecule has 0 aromatic heterocycles. The van der Waals surface area contributed by atoms with E-state index < -0.39 is 30.4 Å². The van der Waals surface area contributed by atoms with Gasteiger partial charge in [-0.2, -0.15) is 5.26 Å². The monoisotopic (exact) mass is 263 g/mol. The maximum atomic E-state index is 11.7. The van der Waals surface area contributed by atoms with Crippen LogP contribution in [-0.4, -0.2) is 47.2 Å². The van der Waals surface area contributed by atoms with Crippen molar-refractivity contribution in [2.45, 2.75) is 24.4 Å². The molecule has 6 heteroatoms. The Kier molecular flexibility index (Phi) is 4.12. The van der Waals surface area contributed by atoms with Crippen LogP contribution >= 0.6 is 0 Å². The number of carbonyl (C=O) groups is 1. The number of aliphatic hydroxyl groups excluding tert-OH is 2. The number of nitrogens with zero attached hydrogens (tertiary/aromatic N) is 1. The number of carbonyl (C=O) groups excluding carboxylic acids is 1. The predicted octanol–water partition coefficient (Wildman–Crippen LogP) is -0.144. The predicted molar refractivity (Wildman–Crippen MR) is 63.0 cm³/mol. The maximum absolute atomic E-state index is 11.7. The Labute approximate surface area is 109 Å². The van der Waals surface area contributed by atoms with Crippen LogP contribution in [0.3, 0.4) is 0 Å². The van der Waals surface area contributed by atoms with Crippen molar-refractivity contribution in [3.8, 4) is 6.07 Å². The molecule has 0 radical (unpaired) electrons. The van der Waals surface area contributed by atoms with Gasteiger partial charge in [-0.1, -0.05) is 18.2 Å². The van der Waals surface area contributed by atoms with Gasteiger partial charge in [0.1, 0.15) is 24.9 Å². The number of nitriles is 1. The third-order valence-electron chi connectivity index (χ3n) is 2.88. The molecule has 2 N–H and O–H groups in total. The molecule has 1 aliphatic rings. The fraction of sp³-hybridized carbons (Fsp3) is 0.385. The summed E-state index contributed by atoms with van der Waals surface area (Å²) in [5, 5.41) is 27.8. The SMILES string of the molecule is N#C[C@@H]1O[C@@H](COC(=O)c2ccccc2)[C@H](O)[C@@H]1O. The second-order valence-electron chi connectivity index (χ2n) is 4.17. The minimum Gasteiger partial charge on any atom is -0.459 e. The average Bonchev–Trinajstić information content (AvgIpc) is 2.73. The first-order valence-corrected chi connectivity index (χ1v) is 5.77. The van der Waals surface area contributed by atoms with E-state index in [0.717, 1.165) is 0 Å². The summed E-state index contributed by atoms with van der Waals surface area (Å²) in [6.07, 6.45) is -4.53. The molecule has 0 bridgehead atoms. The van der Waals surface area contributed by atoms with E-state index in [1.54, 1.807) is 36.4 Å². The van der Waals surface area contributed by atoms with Crippen LogP contribution in [0.1, 0.15) is 10.4 Å². The van der Waals surface area contributed by atoms with E-state index in [4.69, 9.17) is 14.7 Å². The summed E-state index contributed by atoms with van der Waals surface area (Å²) < 4.78 is 10.1.